The van der Waals surface area contributed by atoms with Gasteiger partial charge in [0.2, 0.25) is 0 Å². The highest BCUT2D eigenvalue weighted by molar-refractivity contribution is 6.01. The maximum Gasteiger partial charge on any atom is 0.343 e. The number of fused-ring (bicyclic) bond motifs is 1. The first-order valence-corrected chi connectivity index (χ1v) is 8.97. The number of rotatable bonds is 4. The van der Waals surface area contributed by atoms with Crippen molar-refractivity contribution in [3.05, 3.63) is 68.6 Å². The van der Waals surface area contributed by atoms with Gasteiger partial charge in [0.05, 0.1) is 6.61 Å². The summed E-state index contributed by atoms with van der Waals surface area (Å²) in [6.45, 7) is 6.13. The number of carbonyl (C=O) groups is 2. The van der Waals surface area contributed by atoms with Crippen molar-refractivity contribution in [1.82, 2.24) is 4.98 Å². The first-order valence-electron chi connectivity index (χ1n) is 8.97. The second-order valence-corrected chi connectivity index (χ2v) is 6.97. The zero-order valence-electron chi connectivity index (χ0n) is 15.3. The minimum absolute atomic E-state index is 0.0281. The van der Waals surface area contributed by atoms with Crippen molar-refractivity contribution in [2.45, 2.75) is 45.4 Å². The van der Waals surface area contributed by atoms with E-state index < -0.39 is 11.5 Å². The van der Waals surface area contributed by atoms with Crippen LogP contribution in [-0.4, -0.2) is 23.3 Å². The fourth-order valence-corrected chi connectivity index (χ4v) is 3.38. The number of ketones is 1. The number of esters is 1. The average Bonchev–Trinajstić information content (AvgIpc) is 2.61. The molecule has 1 aromatic carbocycles. The van der Waals surface area contributed by atoms with Crippen molar-refractivity contribution in [3.8, 4) is 0 Å². The first kappa shape index (κ1) is 18.1. The number of aromatic amines is 1. The molecule has 2 aromatic rings. The molecule has 0 radical (unpaired) electrons. The highest BCUT2D eigenvalue weighted by atomic mass is 16.5. The molecule has 1 aliphatic rings. The summed E-state index contributed by atoms with van der Waals surface area (Å²) in [6.07, 6.45) is 0.933. The largest absolute Gasteiger partial charge is 0.462 e. The number of ether oxygens (including phenoxy) is 1. The van der Waals surface area contributed by atoms with E-state index >= 15 is 0 Å². The number of pyridine rings is 1. The molecule has 1 atom stereocenters. The Bertz CT molecular complexity index is 893. The SMILES string of the molecule is CCOC(=O)c1cc2c([nH]c1=O)CC(c1ccc(C(C)C)cc1)CC2=O. The zero-order chi connectivity index (χ0) is 18.8. The maximum absolute atomic E-state index is 12.6. The minimum atomic E-state index is -0.698. The second kappa shape index (κ2) is 7.28. The van der Waals surface area contributed by atoms with Crippen LogP contribution in [0.25, 0.3) is 0 Å². The molecule has 0 spiro atoms. The lowest BCUT2D eigenvalue weighted by Gasteiger charge is -2.24. The Morgan fingerprint density at radius 2 is 1.88 bits per heavy atom. The number of benzene rings is 1. The van der Waals surface area contributed by atoms with Crippen molar-refractivity contribution >= 4 is 11.8 Å². The van der Waals surface area contributed by atoms with Crippen LogP contribution in [-0.2, 0) is 11.2 Å². The predicted octanol–water partition coefficient (Wildman–Crippen LogP) is 3.59. The minimum Gasteiger partial charge on any atom is -0.462 e. The topological polar surface area (TPSA) is 76.2 Å². The Morgan fingerprint density at radius 3 is 2.50 bits per heavy atom. The molecule has 0 amide bonds. The van der Waals surface area contributed by atoms with Gasteiger partial charge in [0.15, 0.2) is 5.78 Å². The standard InChI is InChI=1S/C21H23NO4/c1-4-26-21(25)17-11-16-18(22-20(17)24)9-15(10-19(16)23)14-7-5-13(6-8-14)12(2)3/h5-8,11-12,15H,4,9-10H2,1-3H3,(H,22,24). The molecule has 0 bridgehead atoms. The number of hydrogen-bond acceptors (Lipinski definition) is 4. The van der Waals surface area contributed by atoms with Gasteiger partial charge in [-0.15, -0.1) is 0 Å². The van der Waals surface area contributed by atoms with E-state index in [1.54, 1.807) is 6.92 Å². The van der Waals surface area contributed by atoms with Gasteiger partial charge in [-0.05, 0) is 42.4 Å². The smallest absolute Gasteiger partial charge is 0.343 e. The summed E-state index contributed by atoms with van der Waals surface area (Å²) in [6, 6.07) is 9.68. The van der Waals surface area contributed by atoms with Gasteiger partial charge in [0, 0.05) is 17.7 Å². The van der Waals surface area contributed by atoms with Gasteiger partial charge in [0.25, 0.3) is 5.56 Å². The fourth-order valence-electron chi connectivity index (χ4n) is 3.38. The van der Waals surface area contributed by atoms with Gasteiger partial charge >= 0.3 is 5.97 Å². The number of H-pyrrole nitrogens is 1. The zero-order valence-corrected chi connectivity index (χ0v) is 15.3. The highest BCUT2D eigenvalue weighted by Crippen LogP contribution is 2.32. The van der Waals surface area contributed by atoms with E-state index in [0.717, 1.165) is 5.56 Å². The van der Waals surface area contributed by atoms with Crippen molar-refractivity contribution in [3.63, 3.8) is 0 Å². The van der Waals surface area contributed by atoms with Crippen molar-refractivity contribution < 1.29 is 14.3 Å². The third kappa shape index (κ3) is 3.47. The summed E-state index contributed by atoms with van der Waals surface area (Å²) >= 11 is 0. The maximum atomic E-state index is 12.6. The summed E-state index contributed by atoms with van der Waals surface area (Å²) in [5.41, 5.74) is 2.73. The van der Waals surface area contributed by atoms with E-state index in [9.17, 15) is 14.4 Å². The molecule has 1 aromatic heterocycles. The lowest BCUT2D eigenvalue weighted by atomic mass is 9.81. The second-order valence-electron chi connectivity index (χ2n) is 6.97. The van der Waals surface area contributed by atoms with E-state index in [1.165, 1.54) is 11.6 Å². The number of hydrogen-bond donors (Lipinski definition) is 1. The Kier molecular flexibility index (Phi) is 5.07. The van der Waals surface area contributed by atoms with Gasteiger partial charge in [-0.25, -0.2) is 4.79 Å². The quantitative estimate of drug-likeness (QED) is 0.852. The molecule has 1 heterocycles. The molecule has 5 heteroatoms. The average molecular weight is 353 g/mol. The summed E-state index contributed by atoms with van der Waals surface area (Å²) in [7, 11) is 0. The molecular weight excluding hydrogens is 330 g/mol. The first-order chi connectivity index (χ1) is 12.4. The van der Waals surface area contributed by atoms with E-state index in [2.05, 4.69) is 43.1 Å². The van der Waals surface area contributed by atoms with Gasteiger partial charge in [-0.2, -0.15) is 0 Å². The molecule has 1 aliphatic carbocycles. The van der Waals surface area contributed by atoms with Crippen LogP contribution in [0.3, 0.4) is 0 Å². The molecule has 0 fully saturated rings. The Labute approximate surface area is 152 Å². The van der Waals surface area contributed by atoms with Crippen LogP contribution >= 0.6 is 0 Å². The highest BCUT2D eigenvalue weighted by Gasteiger charge is 2.29. The number of aromatic nitrogens is 1. The van der Waals surface area contributed by atoms with Crippen molar-refractivity contribution in [2.75, 3.05) is 6.61 Å². The van der Waals surface area contributed by atoms with Crippen LogP contribution in [0.15, 0.2) is 35.1 Å². The molecular formula is C21H23NO4. The van der Waals surface area contributed by atoms with Crippen molar-refractivity contribution in [2.24, 2.45) is 0 Å². The molecule has 0 saturated carbocycles. The van der Waals surface area contributed by atoms with Gasteiger partial charge in [-0.3, -0.25) is 9.59 Å². The molecule has 136 valence electrons. The Hall–Kier alpha value is -2.69. The van der Waals surface area contributed by atoms with Crippen LogP contribution in [0.2, 0.25) is 0 Å². The number of carbonyl (C=O) groups excluding carboxylic acids is 2. The van der Waals surface area contributed by atoms with E-state index in [0.29, 0.717) is 30.0 Å². The van der Waals surface area contributed by atoms with E-state index in [-0.39, 0.29) is 23.9 Å². The van der Waals surface area contributed by atoms with Crippen LogP contribution in [0, 0.1) is 0 Å². The monoisotopic (exact) mass is 353 g/mol. The van der Waals surface area contributed by atoms with Crippen LogP contribution in [0.1, 0.15) is 76.6 Å². The summed E-state index contributed by atoms with van der Waals surface area (Å²) in [5, 5.41) is 0. The van der Waals surface area contributed by atoms with Gasteiger partial charge in [-0.1, -0.05) is 38.1 Å². The molecule has 5 nitrogen and oxygen atoms in total. The van der Waals surface area contributed by atoms with Crippen LogP contribution in [0.5, 0.6) is 0 Å². The van der Waals surface area contributed by atoms with Crippen molar-refractivity contribution in [1.29, 1.82) is 0 Å². The Balaban J connectivity index is 1.91. The number of Topliss-reactive ketones (excluding diaryl/α,β-unsaturated/α-hetero) is 1. The van der Waals surface area contributed by atoms with Crippen LogP contribution < -0.4 is 5.56 Å². The predicted molar refractivity (Wildman–Crippen MR) is 98.9 cm³/mol. The Morgan fingerprint density at radius 1 is 1.19 bits per heavy atom. The summed E-state index contributed by atoms with van der Waals surface area (Å²) < 4.78 is 4.89. The fraction of sp³-hybridized carbons (Fsp3) is 0.381. The summed E-state index contributed by atoms with van der Waals surface area (Å²) in [4.78, 5) is 39.4. The lowest BCUT2D eigenvalue weighted by molar-refractivity contribution is 0.0524. The normalized spacial score (nSPS) is 16.5. The molecule has 0 aliphatic heterocycles. The molecule has 1 N–H and O–H groups in total. The molecule has 3 rings (SSSR count). The molecule has 26 heavy (non-hydrogen) atoms. The van der Waals surface area contributed by atoms with E-state index in [1.807, 2.05) is 0 Å². The van der Waals surface area contributed by atoms with Gasteiger partial charge in [0.1, 0.15) is 5.56 Å². The third-order valence-electron chi connectivity index (χ3n) is 4.88. The van der Waals surface area contributed by atoms with Crippen LogP contribution in [0.4, 0.5) is 0 Å². The molecule has 1 unspecified atom stereocenters. The van der Waals surface area contributed by atoms with Gasteiger partial charge < -0.3 is 9.72 Å². The number of nitrogens with one attached hydrogen (secondary N) is 1. The lowest BCUT2D eigenvalue weighted by Crippen LogP contribution is -2.28. The summed E-state index contributed by atoms with van der Waals surface area (Å²) in [5.74, 6) is -0.280. The van der Waals surface area contributed by atoms with E-state index in [4.69, 9.17) is 4.74 Å². The third-order valence-corrected chi connectivity index (χ3v) is 4.88. The molecule has 0 saturated heterocycles.